The van der Waals surface area contributed by atoms with Crippen molar-refractivity contribution in [2.45, 2.75) is 24.7 Å². The molecule has 1 amide bonds. The zero-order valence-electron chi connectivity index (χ0n) is 17.9. The van der Waals surface area contributed by atoms with E-state index < -0.39 is 10.0 Å². The van der Waals surface area contributed by atoms with Gasteiger partial charge in [0.2, 0.25) is 10.0 Å². The molecule has 0 saturated carbocycles. The van der Waals surface area contributed by atoms with Crippen LogP contribution in [0.25, 0.3) is 0 Å². The zero-order valence-corrected chi connectivity index (χ0v) is 19.5. The molecule has 0 aliphatic carbocycles. The number of halogens is 2. The first-order valence-electron chi connectivity index (χ1n) is 10.5. The van der Waals surface area contributed by atoms with Gasteiger partial charge in [-0.2, -0.15) is 0 Å². The molecule has 2 aromatic rings. The van der Waals surface area contributed by atoms with Gasteiger partial charge in [-0.05, 0) is 48.9 Å². The van der Waals surface area contributed by atoms with Crippen LogP contribution in [0.2, 0.25) is 5.02 Å². The third-order valence-electron chi connectivity index (χ3n) is 5.21. The number of anilines is 1. The van der Waals surface area contributed by atoms with Crippen LogP contribution in [0.3, 0.4) is 0 Å². The number of unbranched alkanes of at least 4 members (excludes halogenated alkanes) is 1. The first kappa shape index (κ1) is 24.3. The van der Waals surface area contributed by atoms with Crippen molar-refractivity contribution in [1.29, 1.82) is 0 Å². The molecular formula is C22H27ClFN3O4S. The standard InChI is InChI=1S/C22H27ClFN3O4S/c1-2-3-10-25-32(29,30)19-8-9-21(20(23)15-19)31-16-22(28)27-13-11-26(12-14-27)18-6-4-17(24)5-7-18/h4-9,15,25H,2-3,10-14,16H2,1H3. The number of nitrogens with one attached hydrogen (secondary N) is 1. The summed E-state index contributed by atoms with van der Waals surface area (Å²) in [7, 11) is -3.64. The second kappa shape index (κ2) is 11.0. The second-order valence-electron chi connectivity index (χ2n) is 7.48. The lowest BCUT2D eigenvalue weighted by molar-refractivity contribution is -0.133. The number of sulfonamides is 1. The Morgan fingerprint density at radius 1 is 1.12 bits per heavy atom. The summed E-state index contributed by atoms with van der Waals surface area (Å²) in [5, 5.41) is 0.122. The Kier molecular flexibility index (Phi) is 8.33. The molecule has 174 valence electrons. The lowest BCUT2D eigenvalue weighted by Crippen LogP contribution is -2.50. The fourth-order valence-electron chi connectivity index (χ4n) is 3.33. The molecule has 1 N–H and O–H groups in total. The predicted octanol–water partition coefficient (Wildman–Crippen LogP) is 3.29. The van der Waals surface area contributed by atoms with Gasteiger partial charge in [-0.25, -0.2) is 17.5 Å². The summed E-state index contributed by atoms with van der Waals surface area (Å²) >= 11 is 6.19. The minimum Gasteiger partial charge on any atom is -0.482 e. The Balaban J connectivity index is 1.51. The number of nitrogens with zero attached hydrogens (tertiary/aromatic N) is 2. The summed E-state index contributed by atoms with van der Waals surface area (Å²) in [5.41, 5.74) is 0.917. The van der Waals surface area contributed by atoms with Crippen LogP contribution in [-0.2, 0) is 14.8 Å². The highest BCUT2D eigenvalue weighted by Gasteiger charge is 2.22. The number of benzene rings is 2. The van der Waals surface area contributed by atoms with Crippen LogP contribution in [0.15, 0.2) is 47.4 Å². The van der Waals surface area contributed by atoms with Gasteiger partial charge < -0.3 is 14.5 Å². The van der Waals surface area contributed by atoms with E-state index in [-0.39, 0.29) is 34.0 Å². The van der Waals surface area contributed by atoms with E-state index in [0.29, 0.717) is 32.7 Å². The van der Waals surface area contributed by atoms with Crippen LogP contribution >= 0.6 is 11.6 Å². The lowest BCUT2D eigenvalue weighted by Gasteiger charge is -2.36. The average Bonchev–Trinajstić information content (AvgIpc) is 2.79. The quantitative estimate of drug-likeness (QED) is 0.554. The largest absolute Gasteiger partial charge is 0.482 e. The number of carbonyl (C=O) groups excluding carboxylic acids is 1. The fraction of sp³-hybridized carbons (Fsp3) is 0.409. The van der Waals surface area contributed by atoms with Gasteiger partial charge in [0.15, 0.2) is 6.61 Å². The summed E-state index contributed by atoms with van der Waals surface area (Å²) in [6.45, 7) is 4.45. The van der Waals surface area contributed by atoms with Crippen LogP contribution < -0.4 is 14.4 Å². The SMILES string of the molecule is CCCCNS(=O)(=O)c1ccc(OCC(=O)N2CCN(c3ccc(F)cc3)CC2)c(Cl)c1. The Hall–Kier alpha value is -2.36. The Bertz CT molecular complexity index is 1030. The molecule has 0 spiro atoms. The van der Waals surface area contributed by atoms with Crippen molar-refractivity contribution in [3.8, 4) is 5.75 Å². The smallest absolute Gasteiger partial charge is 0.260 e. The monoisotopic (exact) mass is 483 g/mol. The summed E-state index contributed by atoms with van der Waals surface area (Å²) < 4.78 is 45.8. The first-order valence-corrected chi connectivity index (χ1v) is 12.4. The van der Waals surface area contributed by atoms with Crippen LogP contribution in [0.4, 0.5) is 10.1 Å². The normalized spacial score (nSPS) is 14.5. The highest BCUT2D eigenvalue weighted by atomic mass is 35.5. The molecule has 0 bridgehead atoms. The molecule has 32 heavy (non-hydrogen) atoms. The van der Waals surface area contributed by atoms with Crippen LogP contribution in [-0.4, -0.2) is 58.6 Å². The van der Waals surface area contributed by atoms with Gasteiger partial charge in [0, 0.05) is 38.4 Å². The molecule has 0 radical (unpaired) electrons. The van der Waals surface area contributed by atoms with Crippen molar-refractivity contribution >= 4 is 33.2 Å². The molecule has 7 nitrogen and oxygen atoms in total. The van der Waals surface area contributed by atoms with Gasteiger partial charge in [0.1, 0.15) is 11.6 Å². The summed E-state index contributed by atoms with van der Waals surface area (Å²) in [6, 6.07) is 10.5. The Morgan fingerprint density at radius 2 is 1.81 bits per heavy atom. The summed E-state index contributed by atoms with van der Waals surface area (Å²) in [5.74, 6) is -0.216. The average molecular weight is 484 g/mol. The Labute approximate surface area is 193 Å². The number of hydrogen-bond acceptors (Lipinski definition) is 5. The van der Waals surface area contributed by atoms with Crippen molar-refractivity contribution in [3.05, 3.63) is 53.3 Å². The van der Waals surface area contributed by atoms with E-state index in [0.717, 1.165) is 18.5 Å². The van der Waals surface area contributed by atoms with E-state index in [1.165, 1.54) is 30.3 Å². The molecular weight excluding hydrogens is 457 g/mol. The fourth-order valence-corrected chi connectivity index (χ4v) is 4.73. The molecule has 1 aliphatic heterocycles. The number of rotatable bonds is 9. The van der Waals surface area contributed by atoms with E-state index in [1.54, 1.807) is 17.0 Å². The number of ether oxygens (including phenoxy) is 1. The molecule has 2 aromatic carbocycles. The van der Waals surface area contributed by atoms with Gasteiger partial charge in [-0.1, -0.05) is 24.9 Å². The molecule has 0 atom stereocenters. The molecule has 1 heterocycles. The maximum absolute atomic E-state index is 13.1. The maximum atomic E-state index is 13.1. The number of amides is 1. The van der Waals surface area contributed by atoms with Gasteiger partial charge in [0.25, 0.3) is 5.91 Å². The number of carbonyl (C=O) groups is 1. The molecule has 1 fully saturated rings. The van der Waals surface area contributed by atoms with Crippen LogP contribution in [0.1, 0.15) is 19.8 Å². The highest BCUT2D eigenvalue weighted by molar-refractivity contribution is 7.89. The number of hydrogen-bond donors (Lipinski definition) is 1. The molecule has 1 aliphatic rings. The van der Waals surface area contributed by atoms with Gasteiger partial charge in [-0.15, -0.1) is 0 Å². The third-order valence-corrected chi connectivity index (χ3v) is 6.97. The van der Waals surface area contributed by atoms with Crippen molar-refractivity contribution in [1.82, 2.24) is 9.62 Å². The van der Waals surface area contributed by atoms with Gasteiger partial charge in [0.05, 0.1) is 9.92 Å². The molecule has 3 rings (SSSR count). The minimum atomic E-state index is -3.64. The topological polar surface area (TPSA) is 78.9 Å². The van der Waals surface area contributed by atoms with E-state index in [2.05, 4.69) is 9.62 Å². The van der Waals surface area contributed by atoms with Crippen molar-refractivity contribution in [2.75, 3.05) is 44.2 Å². The van der Waals surface area contributed by atoms with Crippen molar-refractivity contribution < 1.29 is 22.3 Å². The third kappa shape index (κ3) is 6.34. The molecule has 0 unspecified atom stereocenters. The molecule has 0 aromatic heterocycles. The van der Waals surface area contributed by atoms with E-state index in [9.17, 15) is 17.6 Å². The minimum absolute atomic E-state index is 0.0502. The van der Waals surface area contributed by atoms with Crippen molar-refractivity contribution in [2.24, 2.45) is 0 Å². The lowest BCUT2D eigenvalue weighted by atomic mass is 10.2. The summed E-state index contributed by atoms with van der Waals surface area (Å²) in [4.78, 5) is 16.4. The zero-order chi connectivity index (χ0) is 23.1. The van der Waals surface area contributed by atoms with Gasteiger partial charge in [-0.3, -0.25) is 4.79 Å². The highest BCUT2D eigenvalue weighted by Crippen LogP contribution is 2.27. The Morgan fingerprint density at radius 3 is 2.44 bits per heavy atom. The maximum Gasteiger partial charge on any atom is 0.260 e. The second-order valence-corrected chi connectivity index (χ2v) is 9.65. The predicted molar refractivity (Wildman–Crippen MR) is 122 cm³/mol. The van der Waals surface area contributed by atoms with Crippen LogP contribution in [0.5, 0.6) is 5.75 Å². The first-order chi connectivity index (χ1) is 15.3. The number of piperazine rings is 1. The van der Waals surface area contributed by atoms with Crippen molar-refractivity contribution in [3.63, 3.8) is 0 Å². The van der Waals surface area contributed by atoms with E-state index in [4.69, 9.17) is 16.3 Å². The molecule has 10 heteroatoms. The van der Waals surface area contributed by atoms with E-state index >= 15 is 0 Å². The van der Waals surface area contributed by atoms with Crippen LogP contribution in [0, 0.1) is 5.82 Å². The van der Waals surface area contributed by atoms with E-state index in [1.807, 2.05) is 6.92 Å². The summed E-state index contributed by atoms with van der Waals surface area (Å²) in [6.07, 6.45) is 1.62. The molecule has 1 saturated heterocycles. The van der Waals surface area contributed by atoms with Gasteiger partial charge >= 0.3 is 0 Å².